The van der Waals surface area contributed by atoms with Crippen molar-refractivity contribution in [3.05, 3.63) is 21.9 Å². The molecule has 0 saturated carbocycles. The molecule has 1 aromatic heterocycles. The van der Waals surface area contributed by atoms with E-state index in [2.05, 4.69) is 24.0 Å². The maximum atomic E-state index is 5.87. The number of ether oxygens (including phenoxy) is 1. The van der Waals surface area contributed by atoms with E-state index in [0.717, 1.165) is 26.3 Å². The summed E-state index contributed by atoms with van der Waals surface area (Å²) in [5, 5.41) is 0. The van der Waals surface area contributed by atoms with Crippen LogP contribution in [0.1, 0.15) is 15.8 Å². The number of aryl methyl sites for hydroxylation is 1. The zero-order chi connectivity index (χ0) is 10.7. The molecular weight excluding hydrogens is 208 g/mol. The normalized spacial score (nSPS) is 20.4. The van der Waals surface area contributed by atoms with E-state index in [1.54, 1.807) is 0 Å². The van der Waals surface area contributed by atoms with E-state index in [-0.39, 0.29) is 0 Å². The van der Waals surface area contributed by atoms with Gasteiger partial charge in [0, 0.05) is 29.4 Å². The van der Waals surface area contributed by atoms with Crippen LogP contribution in [0.5, 0.6) is 0 Å². The maximum absolute atomic E-state index is 5.87. The summed E-state index contributed by atoms with van der Waals surface area (Å²) in [5.74, 6) is 0. The van der Waals surface area contributed by atoms with E-state index in [1.807, 2.05) is 11.3 Å². The average molecular weight is 226 g/mol. The van der Waals surface area contributed by atoms with Gasteiger partial charge in [-0.05, 0) is 19.1 Å². The first-order valence-electron chi connectivity index (χ1n) is 5.39. The van der Waals surface area contributed by atoms with E-state index in [4.69, 9.17) is 10.5 Å². The average Bonchev–Trinajstić information content (AvgIpc) is 2.68. The molecule has 2 N–H and O–H groups in total. The van der Waals surface area contributed by atoms with Crippen molar-refractivity contribution in [1.82, 2.24) is 4.90 Å². The molecule has 84 valence electrons. The fraction of sp³-hybridized carbons (Fsp3) is 0.636. The van der Waals surface area contributed by atoms with E-state index in [9.17, 15) is 0 Å². The minimum absolute atomic E-state index is 0.382. The van der Waals surface area contributed by atoms with Gasteiger partial charge >= 0.3 is 0 Å². The first kappa shape index (κ1) is 11.1. The second-order valence-electron chi connectivity index (χ2n) is 3.85. The Hall–Kier alpha value is -0.420. The lowest BCUT2D eigenvalue weighted by Gasteiger charge is -2.33. The number of morpholine rings is 1. The first-order chi connectivity index (χ1) is 7.31. The molecule has 0 bridgehead atoms. The highest BCUT2D eigenvalue weighted by Crippen LogP contribution is 2.27. The molecule has 2 rings (SSSR count). The van der Waals surface area contributed by atoms with Gasteiger partial charge < -0.3 is 10.5 Å². The van der Waals surface area contributed by atoms with Gasteiger partial charge in [0.05, 0.1) is 19.3 Å². The number of rotatable bonds is 3. The summed E-state index contributed by atoms with van der Waals surface area (Å²) in [6.07, 6.45) is 0. The van der Waals surface area contributed by atoms with Gasteiger partial charge in [0.2, 0.25) is 0 Å². The Morgan fingerprint density at radius 3 is 2.73 bits per heavy atom. The number of nitrogens with two attached hydrogens (primary N) is 1. The highest BCUT2D eigenvalue weighted by Gasteiger charge is 2.22. The van der Waals surface area contributed by atoms with Crippen LogP contribution in [-0.4, -0.2) is 37.7 Å². The van der Waals surface area contributed by atoms with Crippen LogP contribution >= 0.6 is 11.3 Å². The van der Waals surface area contributed by atoms with Gasteiger partial charge in [0.25, 0.3) is 0 Å². The van der Waals surface area contributed by atoms with Crippen molar-refractivity contribution in [1.29, 1.82) is 0 Å². The second-order valence-corrected chi connectivity index (χ2v) is 5.17. The van der Waals surface area contributed by atoms with Crippen LogP contribution in [0.4, 0.5) is 0 Å². The second kappa shape index (κ2) is 5.07. The Balaban J connectivity index is 2.08. The monoisotopic (exact) mass is 226 g/mol. The molecule has 0 spiro atoms. The van der Waals surface area contributed by atoms with Crippen LogP contribution in [0.3, 0.4) is 0 Å². The van der Waals surface area contributed by atoms with Crippen molar-refractivity contribution in [2.45, 2.75) is 13.0 Å². The summed E-state index contributed by atoms with van der Waals surface area (Å²) in [7, 11) is 0. The minimum atomic E-state index is 0.382. The topological polar surface area (TPSA) is 38.5 Å². The third-order valence-corrected chi connectivity index (χ3v) is 3.90. The summed E-state index contributed by atoms with van der Waals surface area (Å²) >= 11 is 1.85. The Labute approximate surface area is 94.8 Å². The van der Waals surface area contributed by atoms with Gasteiger partial charge in [-0.2, -0.15) is 0 Å². The number of nitrogens with zero attached hydrogens (tertiary/aromatic N) is 1. The molecule has 1 unspecified atom stereocenters. The number of thiophene rings is 1. The molecule has 2 heterocycles. The van der Waals surface area contributed by atoms with Gasteiger partial charge in [-0.15, -0.1) is 11.3 Å². The van der Waals surface area contributed by atoms with Crippen LogP contribution in [0.25, 0.3) is 0 Å². The maximum Gasteiger partial charge on any atom is 0.0594 e. The summed E-state index contributed by atoms with van der Waals surface area (Å²) in [5.41, 5.74) is 5.87. The first-order valence-corrected chi connectivity index (χ1v) is 6.21. The lowest BCUT2D eigenvalue weighted by molar-refractivity contribution is 0.0186. The highest BCUT2D eigenvalue weighted by atomic mass is 32.1. The largest absolute Gasteiger partial charge is 0.379 e. The van der Waals surface area contributed by atoms with Crippen molar-refractivity contribution in [2.75, 3.05) is 32.8 Å². The molecule has 0 radical (unpaired) electrons. The predicted molar refractivity (Wildman–Crippen MR) is 63.2 cm³/mol. The van der Waals surface area contributed by atoms with Crippen molar-refractivity contribution in [2.24, 2.45) is 5.73 Å². The van der Waals surface area contributed by atoms with Gasteiger partial charge in [-0.25, -0.2) is 0 Å². The van der Waals surface area contributed by atoms with Crippen LogP contribution < -0.4 is 5.73 Å². The van der Waals surface area contributed by atoms with Crippen molar-refractivity contribution in [3.63, 3.8) is 0 Å². The van der Waals surface area contributed by atoms with Crippen molar-refractivity contribution < 1.29 is 4.74 Å². The molecule has 0 aromatic carbocycles. The Bertz CT molecular complexity index is 307. The van der Waals surface area contributed by atoms with Gasteiger partial charge in [-0.3, -0.25) is 4.90 Å². The van der Waals surface area contributed by atoms with Crippen LogP contribution in [-0.2, 0) is 4.74 Å². The summed E-state index contributed by atoms with van der Waals surface area (Å²) < 4.78 is 5.36. The predicted octanol–water partition coefficient (Wildman–Crippen LogP) is 1.39. The van der Waals surface area contributed by atoms with E-state index < -0.39 is 0 Å². The molecule has 0 amide bonds. The third kappa shape index (κ3) is 2.58. The molecule has 15 heavy (non-hydrogen) atoms. The number of hydrogen-bond acceptors (Lipinski definition) is 4. The SMILES string of the molecule is Cc1ccc(C(CN)N2CCOCC2)s1. The summed E-state index contributed by atoms with van der Waals surface area (Å²) in [4.78, 5) is 5.17. The Kier molecular flexibility index (Phi) is 3.75. The van der Waals surface area contributed by atoms with Crippen LogP contribution in [0.15, 0.2) is 12.1 Å². The molecule has 1 aromatic rings. The molecule has 1 aliphatic heterocycles. The minimum Gasteiger partial charge on any atom is -0.379 e. The standard InChI is InChI=1S/C11H18N2OS/c1-9-2-3-11(15-9)10(8-12)13-4-6-14-7-5-13/h2-3,10H,4-8,12H2,1H3. The number of hydrogen-bond donors (Lipinski definition) is 1. The Morgan fingerprint density at radius 2 is 2.20 bits per heavy atom. The molecule has 1 saturated heterocycles. The molecular formula is C11H18N2OS. The molecule has 3 nitrogen and oxygen atoms in total. The van der Waals surface area contributed by atoms with Crippen LogP contribution in [0, 0.1) is 6.92 Å². The fourth-order valence-electron chi connectivity index (χ4n) is 1.97. The Morgan fingerprint density at radius 1 is 1.47 bits per heavy atom. The van der Waals surface area contributed by atoms with Gasteiger partial charge in [0.15, 0.2) is 0 Å². The van der Waals surface area contributed by atoms with E-state index in [0.29, 0.717) is 12.6 Å². The highest BCUT2D eigenvalue weighted by molar-refractivity contribution is 7.12. The van der Waals surface area contributed by atoms with Crippen molar-refractivity contribution >= 4 is 11.3 Å². The zero-order valence-corrected chi connectivity index (χ0v) is 9.93. The smallest absolute Gasteiger partial charge is 0.0594 e. The summed E-state index contributed by atoms with van der Waals surface area (Å²) in [6.45, 7) is 6.50. The van der Waals surface area contributed by atoms with E-state index in [1.165, 1.54) is 9.75 Å². The van der Waals surface area contributed by atoms with Gasteiger partial charge in [-0.1, -0.05) is 0 Å². The van der Waals surface area contributed by atoms with Gasteiger partial charge in [0.1, 0.15) is 0 Å². The molecule has 1 atom stereocenters. The molecule has 0 aliphatic carbocycles. The zero-order valence-electron chi connectivity index (χ0n) is 9.11. The molecule has 4 heteroatoms. The lowest BCUT2D eigenvalue weighted by Crippen LogP contribution is -2.41. The summed E-state index contributed by atoms with van der Waals surface area (Å²) in [6, 6.07) is 4.75. The lowest BCUT2D eigenvalue weighted by atomic mass is 10.2. The van der Waals surface area contributed by atoms with Crippen LogP contribution in [0.2, 0.25) is 0 Å². The third-order valence-electron chi connectivity index (χ3n) is 2.80. The van der Waals surface area contributed by atoms with Crippen molar-refractivity contribution in [3.8, 4) is 0 Å². The quantitative estimate of drug-likeness (QED) is 0.846. The molecule has 1 aliphatic rings. The van der Waals surface area contributed by atoms with E-state index >= 15 is 0 Å². The molecule has 1 fully saturated rings. The fourth-order valence-corrected chi connectivity index (χ4v) is 2.99.